The fourth-order valence-corrected chi connectivity index (χ4v) is 5.30. The minimum Gasteiger partial charge on any atom is -0.427 e. The van der Waals surface area contributed by atoms with Gasteiger partial charge in [-0.1, -0.05) is 30.3 Å². The van der Waals surface area contributed by atoms with Crippen molar-refractivity contribution >= 4 is 29.6 Å². The van der Waals surface area contributed by atoms with Crippen LogP contribution in [0.1, 0.15) is 42.0 Å². The smallest absolute Gasteiger partial charge is 0.418 e. The third kappa shape index (κ3) is 3.90. The van der Waals surface area contributed by atoms with Gasteiger partial charge in [0, 0.05) is 37.3 Å². The van der Waals surface area contributed by atoms with Gasteiger partial charge >= 0.3 is 12.1 Å². The van der Waals surface area contributed by atoms with E-state index >= 15 is 0 Å². The maximum absolute atomic E-state index is 13.5. The Balaban J connectivity index is 1.35. The number of rotatable bonds is 3. The molecule has 2 N–H and O–H groups in total. The van der Waals surface area contributed by atoms with E-state index in [2.05, 4.69) is 16.7 Å². The van der Waals surface area contributed by atoms with Crippen LogP contribution in [-0.2, 0) is 39.3 Å². The molecule has 2 aliphatic heterocycles. The Morgan fingerprint density at radius 2 is 1.86 bits per heavy atom. The third-order valence-electron chi connectivity index (χ3n) is 7.28. The first-order valence-electron chi connectivity index (χ1n) is 11.9. The van der Waals surface area contributed by atoms with Gasteiger partial charge in [-0.3, -0.25) is 9.59 Å². The average molecular weight is 477 g/mol. The summed E-state index contributed by atoms with van der Waals surface area (Å²) in [6.07, 6.45) is 1.70. The molecule has 182 valence electrons. The Morgan fingerprint density at radius 1 is 1.09 bits per heavy atom. The van der Waals surface area contributed by atoms with E-state index in [-0.39, 0.29) is 24.5 Å². The van der Waals surface area contributed by atoms with Crippen LogP contribution in [0.2, 0.25) is 0 Å². The van der Waals surface area contributed by atoms with Crippen LogP contribution in [0.15, 0.2) is 42.5 Å². The standard InChI is InChI=1S/C26H28N4O5/c1-16-7-8-17-5-3-4-6-19(17)14-29(16)22(31)15-30-23(32)26(35-25(30)34)12-11-18-13-20(9-10-21(18)26)28-24(33)27-2/h3-6,9-10,13,16H,7-8,11-12,14-15H2,1-2H3,(H2,27,28,33)/t16-,26-/m1/s1. The van der Waals surface area contributed by atoms with Crippen molar-refractivity contribution in [2.24, 2.45) is 0 Å². The van der Waals surface area contributed by atoms with Crippen LogP contribution in [-0.4, -0.2) is 53.4 Å². The predicted molar refractivity (Wildman–Crippen MR) is 127 cm³/mol. The van der Waals surface area contributed by atoms with Crippen molar-refractivity contribution < 1.29 is 23.9 Å². The van der Waals surface area contributed by atoms with Crippen molar-refractivity contribution in [2.75, 3.05) is 18.9 Å². The molecular formula is C26H28N4O5. The number of anilines is 1. The first kappa shape index (κ1) is 22.9. The molecule has 2 atom stereocenters. The lowest BCUT2D eigenvalue weighted by molar-refractivity contribution is -0.143. The molecule has 0 saturated carbocycles. The number of imide groups is 1. The van der Waals surface area contributed by atoms with Gasteiger partial charge in [0.1, 0.15) is 6.54 Å². The van der Waals surface area contributed by atoms with Crippen LogP contribution in [0.25, 0.3) is 0 Å². The summed E-state index contributed by atoms with van der Waals surface area (Å²) in [6, 6.07) is 12.8. The Kier molecular flexibility index (Phi) is 5.70. The Morgan fingerprint density at radius 3 is 2.63 bits per heavy atom. The zero-order valence-electron chi connectivity index (χ0n) is 19.8. The fraction of sp³-hybridized carbons (Fsp3) is 0.385. The molecule has 3 aliphatic rings. The minimum atomic E-state index is -1.42. The number of hydrogen-bond donors (Lipinski definition) is 2. The lowest BCUT2D eigenvalue weighted by Crippen LogP contribution is -2.46. The number of aryl methyl sites for hydroxylation is 2. The number of fused-ring (bicyclic) bond motifs is 3. The van der Waals surface area contributed by atoms with Gasteiger partial charge in [0.15, 0.2) is 0 Å². The monoisotopic (exact) mass is 476 g/mol. The number of nitrogens with zero attached hydrogens (tertiary/aromatic N) is 2. The lowest BCUT2D eigenvalue weighted by atomic mass is 9.94. The molecule has 5 amide bonds. The highest BCUT2D eigenvalue weighted by Gasteiger charge is 2.58. The number of benzene rings is 2. The third-order valence-corrected chi connectivity index (χ3v) is 7.28. The molecule has 0 aromatic heterocycles. The van der Waals surface area contributed by atoms with Gasteiger partial charge in [0.2, 0.25) is 11.5 Å². The number of urea groups is 1. The van der Waals surface area contributed by atoms with Crippen LogP contribution in [0.5, 0.6) is 0 Å². The van der Waals surface area contributed by atoms with Gasteiger partial charge in [-0.15, -0.1) is 0 Å². The lowest BCUT2D eigenvalue weighted by Gasteiger charge is -2.28. The van der Waals surface area contributed by atoms with Gasteiger partial charge in [-0.05, 0) is 55.0 Å². The SMILES string of the molecule is CNC(=O)Nc1ccc2c(c1)CC[C@@]21OC(=O)N(CC(=O)N2Cc3ccccc3CC[C@H]2C)C1=O. The molecule has 2 aromatic rings. The Bertz CT molecular complexity index is 1230. The maximum atomic E-state index is 13.5. The van der Waals surface area contributed by atoms with Crippen molar-refractivity contribution in [3.8, 4) is 0 Å². The number of nitrogens with one attached hydrogen (secondary N) is 2. The summed E-state index contributed by atoms with van der Waals surface area (Å²) < 4.78 is 5.67. The minimum absolute atomic E-state index is 0.0176. The quantitative estimate of drug-likeness (QED) is 0.708. The van der Waals surface area contributed by atoms with Crippen molar-refractivity contribution in [2.45, 2.75) is 50.8 Å². The normalized spacial score (nSPS) is 23.0. The van der Waals surface area contributed by atoms with E-state index in [1.165, 1.54) is 12.6 Å². The predicted octanol–water partition coefficient (Wildman–Crippen LogP) is 2.92. The summed E-state index contributed by atoms with van der Waals surface area (Å²) >= 11 is 0. The molecule has 0 unspecified atom stereocenters. The molecule has 2 heterocycles. The summed E-state index contributed by atoms with van der Waals surface area (Å²) in [7, 11) is 1.52. The first-order valence-corrected chi connectivity index (χ1v) is 11.9. The van der Waals surface area contributed by atoms with Gasteiger partial charge in [-0.25, -0.2) is 14.5 Å². The van der Waals surface area contributed by atoms with E-state index < -0.39 is 17.6 Å². The van der Waals surface area contributed by atoms with Crippen LogP contribution in [0, 0.1) is 0 Å². The molecule has 1 saturated heterocycles. The van der Waals surface area contributed by atoms with Crippen molar-refractivity contribution in [1.82, 2.24) is 15.1 Å². The number of hydrogen-bond acceptors (Lipinski definition) is 5. The van der Waals surface area contributed by atoms with Crippen LogP contribution < -0.4 is 10.6 Å². The van der Waals surface area contributed by atoms with Crippen molar-refractivity contribution in [3.63, 3.8) is 0 Å². The van der Waals surface area contributed by atoms with Gasteiger partial charge < -0.3 is 20.3 Å². The van der Waals surface area contributed by atoms with Crippen molar-refractivity contribution in [1.29, 1.82) is 0 Å². The second-order valence-electron chi connectivity index (χ2n) is 9.34. The zero-order chi connectivity index (χ0) is 24.7. The van der Waals surface area contributed by atoms with Crippen LogP contribution >= 0.6 is 0 Å². The summed E-state index contributed by atoms with van der Waals surface area (Å²) in [4.78, 5) is 54.0. The van der Waals surface area contributed by atoms with Gasteiger partial charge in [0.05, 0.1) is 0 Å². The van der Waals surface area contributed by atoms with Crippen LogP contribution in [0.4, 0.5) is 15.3 Å². The van der Waals surface area contributed by atoms with E-state index in [1.807, 2.05) is 25.1 Å². The largest absolute Gasteiger partial charge is 0.427 e. The highest BCUT2D eigenvalue weighted by Crippen LogP contribution is 2.46. The molecular weight excluding hydrogens is 448 g/mol. The second kappa shape index (κ2) is 8.72. The van der Waals surface area contributed by atoms with Crippen molar-refractivity contribution in [3.05, 3.63) is 64.7 Å². The molecule has 1 aliphatic carbocycles. The fourth-order valence-electron chi connectivity index (χ4n) is 5.30. The molecule has 9 heteroatoms. The second-order valence-corrected chi connectivity index (χ2v) is 9.34. The molecule has 5 rings (SSSR count). The zero-order valence-corrected chi connectivity index (χ0v) is 19.8. The summed E-state index contributed by atoms with van der Waals surface area (Å²) in [5.41, 5.74) is 2.89. The molecule has 2 aromatic carbocycles. The van der Waals surface area contributed by atoms with Gasteiger partial charge in [0.25, 0.3) is 5.91 Å². The molecule has 1 fully saturated rings. The van der Waals surface area contributed by atoms with E-state index in [1.54, 1.807) is 23.1 Å². The molecule has 0 bridgehead atoms. The molecule has 1 spiro atoms. The number of amides is 5. The summed E-state index contributed by atoms with van der Waals surface area (Å²) in [5, 5.41) is 5.19. The highest BCUT2D eigenvalue weighted by molar-refractivity contribution is 6.06. The van der Waals surface area contributed by atoms with E-state index in [9.17, 15) is 19.2 Å². The first-order chi connectivity index (χ1) is 16.8. The molecule has 0 radical (unpaired) electrons. The number of ether oxygens (including phenoxy) is 1. The van der Waals surface area contributed by atoms with E-state index in [0.717, 1.165) is 28.9 Å². The van der Waals surface area contributed by atoms with Gasteiger partial charge in [-0.2, -0.15) is 0 Å². The number of carbonyl (C=O) groups is 4. The summed E-state index contributed by atoms with van der Waals surface area (Å²) in [5.74, 6) is -0.788. The highest BCUT2D eigenvalue weighted by atomic mass is 16.6. The molecule has 9 nitrogen and oxygen atoms in total. The number of carbonyl (C=O) groups excluding carboxylic acids is 4. The maximum Gasteiger partial charge on any atom is 0.418 e. The topological polar surface area (TPSA) is 108 Å². The van der Waals surface area contributed by atoms with E-state index in [4.69, 9.17) is 4.74 Å². The Hall–Kier alpha value is -3.88. The van der Waals surface area contributed by atoms with E-state index in [0.29, 0.717) is 30.6 Å². The summed E-state index contributed by atoms with van der Waals surface area (Å²) in [6.45, 7) is 2.09. The van der Waals surface area contributed by atoms with Crippen LogP contribution in [0.3, 0.4) is 0 Å². The Labute approximate surface area is 203 Å². The molecule has 35 heavy (non-hydrogen) atoms. The average Bonchev–Trinajstić information content (AvgIpc) is 3.25.